The summed E-state index contributed by atoms with van der Waals surface area (Å²) in [6.45, 7) is 9.60. The van der Waals surface area contributed by atoms with E-state index in [0.29, 0.717) is 6.04 Å². The quantitative estimate of drug-likeness (QED) is 0.693. The number of carbonyl (C=O) groups excluding carboxylic acids is 1. The Balaban J connectivity index is 1.85. The van der Waals surface area contributed by atoms with Gasteiger partial charge in [0.1, 0.15) is 0 Å². The number of carbonyl (C=O) groups is 1. The summed E-state index contributed by atoms with van der Waals surface area (Å²) in [4.78, 5) is 16.3. The Morgan fingerprint density at radius 1 is 1.27 bits per heavy atom. The van der Waals surface area contributed by atoms with E-state index in [-0.39, 0.29) is 11.9 Å². The van der Waals surface area contributed by atoms with E-state index in [2.05, 4.69) is 29.0 Å². The van der Waals surface area contributed by atoms with Crippen LogP contribution in [0, 0.1) is 0 Å². The van der Waals surface area contributed by atoms with Crippen LogP contribution >= 0.6 is 0 Å². The Morgan fingerprint density at radius 3 is 2.40 bits per heavy atom. The minimum absolute atomic E-state index is 0.152. The molecule has 1 N–H and O–H groups in total. The van der Waals surface area contributed by atoms with Gasteiger partial charge in [0.2, 0.25) is 5.91 Å². The number of nitrogens with zero attached hydrogens (tertiary/aromatic N) is 2. The van der Waals surface area contributed by atoms with Gasteiger partial charge in [-0.05, 0) is 20.3 Å². The lowest BCUT2D eigenvalue weighted by molar-refractivity contribution is -0.124. The van der Waals surface area contributed by atoms with Crippen LogP contribution < -0.4 is 5.32 Å². The molecular formula is C11H21N3O. The standard InChI is InChI=1S/C11H21N3O/c1-9(2)13-5-7-14(8-6-13)10-3-4-12-11(10)15/h9-10H,3-8H2,1-2H3,(H,12,15). The van der Waals surface area contributed by atoms with E-state index < -0.39 is 0 Å². The molecule has 2 aliphatic rings. The second kappa shape index (κ2) is 4.49. The molecule has 0 saturated carbocycles. The molecule has 2 saturated heterocycles. The maximum Gasteiger partial charge on any atom is 0.237 e. The summed E-state index contributed by atoms with van der Waals surface area (Å²) >= 11 is 0. The molecule has 15 heavy (non-hydrogen) atoms. The van der Waals surface area contributed by atoms with Gasteiger partial charge in [0.05, 0.1) is 6.04 Å². The summed E-state index contributed by atoms with van der Waals surface area (Å²) in [5, 5.41) is 2.91. The lowest BCUT2D eigenvalue weighted by Gasteiger charge is -2.38. The van der Waals surface area contributed by atoms with Crippen molar-refractivity contribution >= 4 is 5.91 Å². The maximum atomic E-state index is 11.5. The van der Waals surface area contributed by atoms with Crippen molar-refractivity contribution in [1.82, 2.24) is 15.1 Å². The fraction of sp³-hybridized carbons (Fsp3) is 0.909. The molecule has 1 unspecified atom stereocenters. The summed E-state index contributed by atoms with van der Waals surface area (Å²) in [5.41, 5.74) is 0. The van der Waals surface area contributed by atoms with Crippen LogP contribution in [0.15, 0.2) is 0 Å². The van der Waals surface area contributed by atoms with Crippen LogP contribution in [0.3, 0.4) is 0 Å². The van der Waals surface area contributed by atoms with Crippen LogP contribution in [0.2, 0.25) is 0 Å². The molecule has 2 aliphatic heterocycles. The predicted octanol–water partition coefficient (Wildman–Crippen LogP) is -0.0991. The molecule has 4 heteroatoms. The highest BCUT2D eigenvalue weighted by Gasteiger charge is 2.32. The number of rotatable bonds is 2. The van der Waals surface area contributed by atoms with Gasteiger partial charge in [-0.15, -0.1) is 0 Å². The van der Waals surface area contributed by atoms with E-state index in [4.69, 9.17) is 0 Å². The maximum absolute atomic E-state index is 11.5. The summed E-state index contributed by atoms with van der Waals surface area (Å²) in [7, 11) is 0. The van der Waals surface area contributed by atoms with E-state index in [9.17, 15) is 4.79 Å². The molecule has 0 aromatic heterocycles. The third-order valence-corrected chi connectivity index (χ3v) is 3.54. The molecule has 2 heterocycles. The van der Waals surface area contributed by atoms with Crippen LogP contribution in [0.25, 0.3) is 0 Å². The fourth-order valence-corrected chi connectivity index (χ4v) is 2.49. The highest BCUT2D eigenvalue weighted by Crippen LogP contribution is 2.14. The molecule has 4 nitrogen and oxygen atoms in total. The van der Waals surface area contributed by atoms with Crippen LogP contribution in [-0.2, 0) is 4.79 Å². The van der Waals surface area contributed by atoms with Gasteiger partial charge in [0, 0.05) is 38.8 Å². The summed E-state index contributed by atoms with van der Waals surface area (Å²) in [6.07, 6.45) is 0.987. The lowest BCUT2D eigenvalue weighted by Crippen LogP contribution is -2.53. The number of nitrogens with one attached hydrogen (secondary N) is 1. The molecule has 0 aliphatic carbocycles. The highest BCUT2D eigenvalue weighted by atomic mass is 16.2. The Morgan fingerprint density at radius 2 is 1.93 bits per heavy atom. The molecule has 2 fully saturated rings. The minimum Gasteiger partial charge on any atom is -0.355 e. The zero-order valence-corrected chi connectivity index (χ0v) is 9.70. The smallest absolute Gasteiger partial charge is 0.237 e. The van der Waals surface area contributed by atoms with Crippen molar-refractivity contribution in [1.29, 1.82) is 0 Å². The SMILES string of the molecule is CC(C)N1CCN(C2CCNC2=O)CC1. The molecule has 86 valence electrons. The third kappa shape index (κ3) is 2.32. The van der Waals surface area contributed by atoms with Gasteiger partial charge in [-0.25, -0.2) is 0 Å². The molecule has 1 amide bonds. The monoisotopic (exact) mass is 211 g/mol. The van der Waals surface area contributed by atoms with Crippen molar-refractivity contribution in [2.24, 2.45) is 0 Å². The first-order valence-electron chi connectivity index (χ1n) is 5.94. The Hall–Kier alpha value is -0.610. The van der Waals surface area contributed by atoms with E-state index in [1.165, 1.54) is 0 Å². The molecule has 0 aromatic carbocycles. The molecular weight excluding hydrogens is 190 g/mol. The number of piperazine rings is 1. The lowest BCUT2D eigenvalue weighted by atomic mass is 10.1. The van der Waals surface area contributed by atoms with Crippen molar-refractivity contribution in [3.63, 3.8) is 0 Å². The topological polar surface area (TPSA) is 35.6 Å². The van der Waals surface area contributed by atoms with Crippen LogP contribution in [0.1, 0.15) is 20.3 Å². The predicted molar refractivity (Wildman–Crippen MR) is 59.7 cm³/mol. The first-order valence-corrected chi connectivity index (χ1v) is 5.94. The van der Waals surface area contributed by atoms with Crippen molar-refractivity contribution < 1.29 is 4.79 Å². The van der Waals surface area contributed by atoms with Crippen LogP contribution in [0.4, 0.5) is 0 Å². The van der Waals surface area contributed by atoms with Gasteiger partial charge >= 0.3 is 0 Å². The summed E-state index contributed by atoms with van der Waals surface area (Å²) in [5.74, 6) is 0.230. The average Bonchev–Trinajstić information content (AvgIpc) is 2.65. The van der Waals surface area contributed by atoms with Crippen LogP contribution in [-0.4, -0.2) is 60.5 Å². The van der Waals surface area contributed by atoms with E-state index >= 15 is 0 Å². The van der Waals surface area contributed by atoms with Gasteiger partial charge < -0.3 is 5.32 Å². The number of hydrogen-bond acceptors (Lipinski definition) is 3. The van der Waals surface area contributed by atoms with E-state index in [0.717, 1.165) is 39.1 Å². The van der Waals surface area contributed by atoms with Gasteiger partial charge in [0.15, 0.2) is 0 Å². The Labute approximate surface area is 91.6 Å². The fourth-order valence-electron chi connectivity index (χ4n) is 2.49. The second-order valence-corrected chi connectivity index (χ2v) is 4.76. The first kappa shape index (κ1) is 10.9. The first-order chi connectivity index (χ1) is 7.18. The van der Waals surface area contributed by atoms with E-state index in [1.54, 1.807) is 0 Å². The molecule has 0 radical (unpaired) electrons. The number of amides is 1. The molecule has 1 atom stereocenters. The highest BCUT2D eigenvalue weighted by molar-refractivity contribution is 5.83. The van der Waals surface area contributed by atoms with Crippen molar-refractivity contribution in [3.8, 4) is 0 Å². The molecule has 2 rings (SSSR count). The second-order valence-electron chi connectivity index (χ2n) is 4.76. The van der Waals surface area contributed by atoms with Gasteiger partial charge in [-0.2, -0.15) is 0 Å². The minimum atomic E-state index is 0.152. The third-order valence-electron chi connectivity index (χ3n) is 3.54. The van der Waals surface area contributed by atoms with Crippen molar-refractivity contribution in [2.75, 3.05) is 32.7 Å². The zero-order valence-electron chi connectivity index (χ0n) is 9.70. The van der Waals surface area contributed by atoms with Crippen LogP contribution in [0.5, 0.6) is 0 Å². The Bertz CT molecular complexity index is 234. The molecule has 0 spiro atoms. The summed E-state index contributed by atoms with van der Waals surface area (Å²) < 4.78 is 0. The van der Waals surface area contributed by atoms with Gasteiger partial charge in [-0.3, -0.25) is 14.6 Å². The zero-order chi connectivity index (χ0) is 10.8. The van der Waals surface area contributed by atoms with Crippen molar-refractivity contribution in [2.45, 2.75) is 32.4 Å². The molecule has 0 bridgehead atoms. The average molecular weight is 211 g/mol. The van der Waals surface area contributed by atoms with Crippen molar-refractivity contribution in [3.05, 3.63) is 0 Å². The Kier molecular flexibility index (Phi) is 3.26. The normalized spacial score (nSPS) is 29.8. The largest absolute Gasteiger partial charge is 0.355 e. The summed E-state index contributed by atoms with van der Waals surface area (Å²) in [6, 6.07) is 0.781. The van der Waals surface area contributed by atoms with Gasteiger partial charge in [-0.1, -0.05) is 0 Å². The van der Waals surface area contributed by atoms with E-state index in [1.807, 2.05) is 0 Å². The van der Waals surface area contributed by atoms with Gasteiger partial charge in [0.25, 0.3) is 0 Å². The molecule has 0 aromatic rings. The number of hydrogen-bond donors (Lipinski definition) is 1.